The first-order valence-electron chi connectivity index (χ1n) is 8.90. The maximum Gasteiger partial charge on any atom is 0.220 e. The quantitative estimate of drug-likeness (QED) is 0.225. The first-order chi connectivity index (χ1) is 10.7. The summed E-state index contributed by atoms with van der Waals surface area (Å²) in [5, 5.41) is 9.58. The second-order valence-electron chi connectivity index (χ2n) is 6.27. The number of amides is 1. The Kier molecular flexibility index (Phi) is 13.5. The highest BCUT2D eigenvalue weighted by molar-refractivity contribution is 14.0. The largest absolute Gasteiger partial charge is 0.356 e. The number of hydrogen-bond donors (Lipinski definition) is 3. The summed E-state index contributed by atoms with van der Waals surface area (Å²) in [4.78, 5) is 16.0. The van der Waals surface area contributed by atoms with Crippen LogP contribution in [0.4, 0.5) is 0 Å². The third kappa shape index (κ3) is 10.0. The van der Waals surface area contributed by atoms with Gasteiger partial charge in [0.05, 0.1) is 0 Å². The van der Waals surface area contributed by atoms with Crippen molar-refractivity contribution >= 4 is 35.8 Å². The van der Waals surface area contributed by atoms with Crippen molar-refractivity contribution in [3.05, 3.63) is 0 Å². The molecule has 0 bridgehead atoms. The van der Waals surface area contributed by atoms with Gasteiger partial charge in [-0.05, 0) is 24.7 Å². The second-order valence-corrected chi connectivity index (χ2v) is 6.27. The summed E-state index contributed by atoms with van der Waals surface area (Å²) < 4.78 is 0. The highest BCUT2D eigenvalue weighted by atomic mass is 127. The maximum atomic E-state index is 11.8. The van der Waals surface area contributed by atoms with E-state index in [4.69, 9.17) is 0 Å². The average molecular weight is 438 g/mol. The molecule has 0 aromatic rings. The van der Waals surface area contributed by atoms with E-state index in [1.165, 1.54) is 38.5 Å². The molecule has 1 fully saturated rings. The van der Waals surface area contributed by atoms with Gasteiger partial charge in [0.25, 0.3) is 0 Å². The fraction of sp³-hybridized carbons (Fsp3) is 0.882. The molecule has 0 aromatic heterocycles. The van der Waals surface area contributed by atoms with Crippen molar-refractivity contribution in [2.45, 2.75) is 58.8 Å². The lowest BCUT2D eigenvalue weighted by molar-refractivity contribution is -0.121. The summed E-state index contributed by atoms with van der Waals surface area (Å²) in [5.41, 5.74) is 0. The fourth-order valence-electron chi connectivity index (χ4n) is 2.97. The number of carbonyl (C=O) groups excluding carboxylic acids is 1. The van der Waals surface area contributed by atoms with Gasteiger partial charge in [0.15, 0.2) is 5.96 Å². The van der Waals surface area contributed by atoms with Crippen molar-refractivity contribution in [2.24, 2.45) is 16.8 Å². The van der Waals surface area contributed by atoms with Crippen LogP contribution in [0.15, 0.2) is 4.99 Å². The van der Waals surface area contributed by atoms with E-state index in [2.05, 4.69) is 34.8 Å². The van der Waals surface area contributed by atoms with Crippen LogP contribution in [0.1, 0.15) is 58.8 Å². The number of halogens is 1. The zero-order chi connectivity index (χ0) is 16.2. The molecule has 0 radical (unpaired) electrons. The van der Waals surface area contributed by atoms with Crippen LogP contribution in [-0.2, 0) is 4.79 Å². The van der Waals surface area contributed by atoms with Crippen molar-refractivity contribution in [3.63, 3.8) is 0 Å². The summed E-state index contributed by atoms with van der Waals surface area (Å²) in [6.45, 7) is 6.73. The van der Waals surface area contributed by atoms with Crippen LogP contribution >= 0.6 is 24.0 Å². The Morgan fingerprint density at radius 2 is 1.70 bits per heavy atom. The predicted octanol–water partition coefficient (Wildman–Crippen LogP) is 2.90. The summed E-state index contributed by atoms with van der Waals surface area (Å²) in [6, 6.07) is 0. The molecular formula is C17H35IN4O. The normalized spacial score (nSPS) is 15.4. The molecule has 1 amide bonds. The third-order valence-electron chi connectivity index (χ3n) is 4.62. The molecule has 6 heteroatoms. The molecule has 23 heavy (non-hydrogen) atoms. The lowest BCUT2D eigenvalue weighted by atomic mass is 10.0. The molecule has 0 saturated heterocycles. The maximum absolute atomic E-state index is 11.8. The number of rotatable bonds is 9. The Morgan fingerprint density at radius 1 is 1.09 bits per heavy atom. The Hall–Kier alpha value is -0.530. The molecule has 5 nitrogen and oxygen atoms in total. The lowest BCUT2D eigenvalue weighted by Gasteiger charge is -2.17. The molecule has 3 N–H and O–H groups in total. The zero-order valence-electron chi connectivity index (χ0n) is 15.0. The number of aliphatic imine (C=N–C) groups is 1. The van der Waals surface area contributed by atoms with E-state index in [9.17, 15) is 4.79 Å². The van der Waals surface area contributed by atoms with Crippen LogP contribution < -0.4 is 16.0 Å². The van der Waals surface area contributed by atoms with E-state index in [0.717, 1.165) is 12.5 Å². The van der Waals surface area contributed by atoms with Gasteiger partial charge in [0, 0.05) is 33.1 Å². The smallest absolute Gasteiger partial charge is 0.220 e. The molecule has 0 aromatic carbocycles. The molecule has 1 aliphatic carbocycles. The summed E-state index contributed by atoms with van der Waals surface area (Å²) in [5.74, 6) is 2.30. The Balaban J connectivity index is 0.00000484. The van der Waals surface area contributed by atoms with Gasteiger partial charge in [-0.3, -0.25) is 9.79 Å². The average Bonchev–Trinajstić information content (AvgIpc) is 3.03. The number of nitrogens with zero attached hydrogens (tertiary/aromatic N) is 1. The van der Waals surface area contributed by atoms with Gasteiger partial charge in [0.2, 0.25) is 5.91 Å². The first kappa shape index (κ1) is 22.5. The Labute approximate surface area is 158 Å². The van der Waals surface area contributed by atoms with Gasteiger partial charge in [0.1, 0.15) is 0 Å². The molecule has 0 heterocycles. The number of carbonyl (C=O) groups is 1. The van der Waals surface area contributed by atoms with Gasteiger partial charge in [-0.1, -0.05) is 39.5 Å². The number of hydrogen-bond acceptors (Lipinski definition) is 2. The summed E-state index contributed by atoms with van der Waals surface area (Å²) >= 11 is 0. The highest BCUT2D eigenvalue weighted by Crippen LogP contribution is 2.27. The van der Waals surface area contributed by atoms with Gasteiger partial charge in [-0.2, -0.15) is 0 Å². The van der Waals surface area contributed by atoms with E-state index in [1.54, 1.807) is 7.05 Å². The Bertz CT molecular complexity index is 339. The molecule has 0 spiro atoms. The monoisotopic (exact) mass is 438 g/mol. The minimum atomic E-state index is 0. The SMILES string of the molecule is CCC(CC)CNC(=NC)NCCNC(=O)CC1CCCC1.I. The van der Waals surface area contributed by atoms with E-state index < -0.39 is 0 Å². The highest BCUT2D eigenvalue weighted by Gasteiger charge is 2.17. The zero-order valence-corrected chi connectivity index (χ0v) is 17.3. The number of guanidine groups is 1. The molecule has 136 valence electrons. The molecule has 0 atom stereocenters. The molecule has 0 aliphatic heterocycles. The van der Waals surface area contributed by atoms with Gasteiger partial charge >= 0.3 is 0 Å². The van der Waals surface area contributed by atoms with Crippen molar-refractivity contribution in [1.29, 1.82) is 0 Å². The minimum absolute atomic E-state index is 0. The standard InChI is InChI=1S/C17H34N4O.HI/c1-4-14(5-2)13-21-17(18-3)20-11-10-19-16(22)12-15-8-6-7-9-15;/h14-15H,4-13H2,1-3H3,(H,19,22)(H2,18,20,21);1H. The van der Waals surface area contributed by atoms with Gasteiger partial charge in [-0.15, -0.1) is 24.0 Å². The molecule has 1 aliphatic rings. The number of nitrogens with one attached hydrogen (secondary N) is 3. The Morgan fingerprint density at radius 3 is 2.26 bits per heavy atom. The van der Waals surface area contributed by atoms with Gasteiger partial charge < -0.3 is 16.0 Å². The second kappa shape index (κ2) is 13.9. The molecular weight excluding hydrogens is 403 g/mol. The van der Waals surface area contributed by atoms with Crippen LogP contribution in [-0.4, -0.2) is 38.5 Å². The van der Waals surface area contributed by atoms with E-state index >= 15 is 0 Å². The van der Waals surface area contributed by atoms with Crippen LogP contribution in [0.2, 0.25) is 0 Å². The fourth-order valence-corrected chi connectivity index (χ4v) is 2.97. The summed E-state index contributed by atoms with van der Waals surface area (Å²) in [6.07, 6.45) is 8.07. The van der Waals surface area contributed by atoms with E-state index in [0.29, 0.717) is 31.3 Å². The van der Waals surface area contributed by atoms with E-state index in [1.807, 2.05) is 0 Å². The van der Waals surface area contributed by atoms with E-state index in [-0.39, 0.29) is 29.9 Å². The van der Waals surface area contributed by atoms with Crippen molar-refractivity contribution in [1.82, 2.24) is 16.0 Å². The summed E-state index contributed by atoms with van der Waals surface area (Å²) in [7, 11) is 1.78. The first-order valence-corrected chi connectivity index (χ1v) is 8.90. The van der Waals surface area contributed by atoms with Crippen molar-refractivity contribution in [3.8, 4) is 0 Å². The third-order valence-corrected chi connectivity index (χ3v) is 4.62. The van der Waals surface area contributed by atoms with Crippen LogP contribution in [0.3, 0.4) is 0 Å². The minimum Gasteiger partial charge on any atom is -0.356 e. The van der Waals surface area contributed by atoms with Crippen LogP contribution in [0.25, 0.3) is 0 Å². The topological polar surface area (TPSA) is 65.5 Å². The lowest BCUT2D eigenvalue weighted by Crippen LogP contribution is -2.43. The molecule has 1 rings (SSSR count). The van der Waals surface area contributed by atoms with Gasteiger partial charge in [-0.25, -0.2) is 0 Å². The van der Waals surface area contributed by atoms with Crippen LogP contribution in [0, 0.1) is 11.8 Å². The van der Waals surface area contributed by atoms with Crippen molar-refractivity contribution in [2.75, 3.05) is 26.7 Å². The predicted molar refractivity (Wildman–Crippen MR) is 108 cm³/mol. The molecule has 1 saturated carbocycles. The molecule has 0 unspecified atom stereocenters. The van der Waals surface area contributed by atoms with Crippen LogP contribution in [0.5, 0.6) is 0 Å². The van der Waals surface area contributed by atoms with Crippen molar-refractivity contribution < 1.29 is 4.79 Å².